The zero-order valence-electron chi connectivity index (χ0n) is 15.2. The number of para-hydroxylation sites is 3. The number of rotatable bonds is 4. The summed E-state index contributed by atoms with van der Waals surface area (Å²) in [5.41, 5.74) is 10.1. The van der Waals surface area contributed by atoms with Crippen molar-refractivity contribution in [1.29, 1.82) is 0 Å². The van der Waals surface area contributed by atoms with Gasteiger partial charge in [0.2, 0.25) is 5.95 Å². The molecule has 0 bridgehead atoms. The molecule has 0 spiro atoms. The molecule has 0 saturated heterocycles. The minimum Gasteiger partial charge on any atom is -0.368 e. The molecule has 0 amide bonds. The first kappa shape index (κ1) is 16.2. The van der Waals surface area contributed by atoms with Gasteiger partial charge in [-0.3, -0.25) is 4.57 Å². The summed E-state index contributed by atoms with van der Waals surface area (Å²) in [5.74, 6) is 1.64. The van der Waals surface area contributed by atoms with Crippen LogP contribution in [-0.4, -0.2) is 29.5 Å². The van der Waals surface area contributed by atoms with Gasteiger partial charge in [0.05, 0.1) is 23.4 Å². The SMILES string of the molecule is C[C@H](Nc1nc(N)nc2nc[nH]c12)c1nc2ccccc2n1-c1ccccc1. The Labute approximate surface area is 160 Å². The maximum atomic E-state index is 5.84. The molecule has 3 heterocycles. The van der Waals surface area contributed by atoms with Gasteiger partial charge in [-0.1, -0.05) is 30.3 Å². The van der Waals surface area contributed by atoms with Gasteiger partial charge in [-0.25, -0.2) is 9.97 Å². The van der Waals surface area contributed by atoms with E-state index < -0.39 is 0 Å². The summed E-state index contributed by atoms with van der Waals surface area (Å²) >= 11 is 0. The lowest BCUT2D eigenvalue weighted by Gasteiger charge is -2.17. The molecule has 0 radical (unpaired) electrons. The molecule has 0 unspecified atom stereocenters. The van der Waals surface area contributed by atoms with Crippen molar-refractivity contribution in [3.05, 3.63) is 66.7 Å². The number of nitrogens with two attached hydrogens (primary N) is 1. The third kappa shape index (κ3) is 2.62. The van der Waals surface area contributed by atoms with Gasteiger partial charge in [0, 0.05) is 5.69 Å². The number of nitrogens with zero attached hydrogens (tertiary/aromatic N) is 5. The van der Waals surface area contributed by atoms with Crippen molar-refractivity contribution in [2.24, 2.45) is 0 Å². The molecule has 8 nitrogen and oxygen atoms in total. The van der Waals surface area contributed by atoms with E-state index in [1.807, 2.05) is 43.3 Å². The zero-order valence-corrected chi connectivity index (χ0v) is 15.2. The number of nitrogens with one attached hydrogen (secondary N) is 2. The van der Waals surface area contributed by atoms with Crippen molar-refractivity contribution >= 4 is 34.0 Å². The molecule has 0 aliphatic carbocycles. The molecule has 0 aliphatic rings. The van der Waals surface area contributed by atoms with Crippen LogP contribution in [0.3, 0.4) is 0 Å². The lowest BCUT2D eigenvalue weighted by atomic mass is 10.2. The monoisotopic (exact) mass is 370 g/mol. The van der Waals surface area contributed by atoms with Gasteiger partial charge in [0.1, 0.15) is 11.3 Å². The first-order chi connectivity index (χ1) is 13.7. The number of H-pyrrole nitrogens is 1. The van der Waals surface area contributed by atoms with Crippen LogP contribution >= 0.6 is 0 Å². The molecule has 28 heavy (non-hydrogen) atoms. The molecule has 5 rings (SSSR count). The fraction of sp³-hybridized carbons (Fsp3) is 0.100. The summed E-state index contributed by atoms with van der Waals surface area (Å²) in [6.45, 7) is 2.04. The maximum Gasteiger partial charge on any atom is 0.224 e. The topological polar surface area (TPSA) is 110 Å². The normalized spacial score (nSPS) is 12.5. The first-order valence-corrected chi connectivity index (χ1v) is 8.96. The van der Waals surface area contributed by atoms with E-state index in [-0.39, 0.29) is 12.0 Å². The Bertz CT molecular complexity index is 1270. The second kappa shape index (κ2) is 6.34. The fourth-order valence-electron chi connectivity index (χ4n) is 3.41. The minimum absolute atomic E-state index is 0.145. The number of aromatic amines is 1. The summed E-state index contributed by atoms with van der Waals surface area (Å²) in [7, 11) is 0. The van der Waals surface area contributed by atoms with Gasteiger partial charge in [0.15, 0.2) is 11.5 Å². The van der Waals surface area contributed by atoms with Gasteiger partial charge in [-0.15, -0.1) is 0 Å². The van der Waals surface area contributed by atoms with E-state index in [1.165, 1.54) is 0 Å². The number of nitrogen functional groups attached to an aromatic ring is 1. The van der Waals surface area contributed by atoms with Crippen LogP contribution in [0.15, 0.2) is 60.9 Å². The van der Waals surface area contributed by atoms with Crippen molar-refractivity contribution in [1.82, 2.24) is 29.5 Å². The molecule has 0 fully saturated rings. The average Bonchev–Trinajstić information content (AvgIpc) is 3.33. The highest BCUT2D eigenvalue weighted by Crippen LogP contribution is 2.28. The molecule has 138 valence electrons. The zero-order chi connectivity index (χ0) is 19.1. The molecule has 1 atom stereocenters. The minimum atomic E-state index is -0.145. The summed E-state index contributed by atoms with van der Waals surface area (Å²) in [4.78, 5) is 20.6. The van der Waals surface area contributed by atoms with Crippen LogP contribution in [0.4, 0.5) is 11.8 Å². The van der Waals surface area contributed by atoms with Gasteiger partial charge < -0.3 is 16.0 Å². The standard InChI is InChI=1S/C20H18N8/c1-12(24-18-16-17(23-11-22-16)26-20(21)27-18)19-25-14-9-5-6-10-15(14)28(19)13-7-3-2-4-8-13/h2-12H,1H3,(H4,21,22,23,24,26,27)/t12-/m0/s1. The average molecular weight is 370 g/mol. The van der Waals surface area contributed by atoms with Crippen LogP contribution in [0.25, 0.3) is 27.9 Å². The third-order valence-corrected chi connectivity index (χ3v) is 4.64. The summed E-state index contributed by atoms with van der Waals surface area (Å²) in [6.07, 6.45) is 1.58. The van der Waals surface area contributed by atoms with Gasteiger partial charge in [-0.05, 0) is 31.2 Å². The van der Waals surface area contributed by atoms with E-state index in [1.54, 1.807) is 6.33 Å². The molecular formula is C20H18N8. The molecule has 0 aliphatic heterocycles. The van der Waals surface area contributed by atoms with E-state index in [2.05, 4.69) is 48.0 Å². The molecule has 5 aromatic rings. The Hall–Kier alpha value is -3.94. The number of imidazole rings is 2. The molecule has 2 aromatic carbocycles. The van der Waals surface area contributed by atoms with E-state index in [0.29, 0.717) is 17.0 Å². The fourth-order valence-corrected chi connectivity index (χ4v) is 3.41. The molecule has 3 aromatic heterocycles. The Morgan fingerprint density at radius 3 is 2.64 bits per heavy atom. The van der Waals surface area contributed by atoms with Crippen LogP contribution in [0.1, 0.15) is 18.8 Å². The lowest BCUT2D eigenvalue weighted by Crippen LogP contribution is -2.15. The van der Waals surface area contributed by atoms with Crippen molar-refractivity contribution in [3.63, 3.8) is 0 Å². The van der Waals surface area contributed by atoms with Crippen molar-refractivity contribution in [2.45, 2.75) is 13.0 Å². The van der Waals surface area contributed by atoms with E-state index >= 15 is 0 Å². The second-order valence-electron chi connectivity index (χ2n) is 6.53. The van der Waals surface area contributed by atoms with Crippen molar-refractivity contribution < 1.29 is 0 Å². The number of hydrogen-bond donors (Lipinski definition) is 3. The smallest absolute Gasteiger partial charge is 0.224 e. The lowest BCUT2D eigenvalue weighted by molar-refractivity contribution is 0.770. The number of aromatic nitrogens is 6. The van der Waals surface area contributed by atoms with Gasteiger partial charge in [0.25, 0.3) is 0 Å². The first-order valence-electron chi connectivity index (χ1n) is 8.96. The van der Waals surface area contributed by atoms with Crippen molar-refractivity contribution in [2.75, 3.05) is 11.1 Å². The van der Waals surface area contributed by atoms with Crippen LogP contribution < -0.4 is 11.1 Å². The Morgan fingerprint density at radius 2 is 1.79 bits per heavy atom. The Kier molecular flexibility index (Phi) is 3.68. The number of benzene rings is 2. The summed E-state index contributed by atoms with van der Waals surface area (Å²) in [5, 5.41) is 3.41. The third-order valence-electron chi connectivity index (χ3n) is 4.64. The number of anilines is 2. The molecular weight excluding hydrogens is 352 g/mol. The summed E-state index contributed by atoms with van der Waals surface area (Å²) in [6, 6.07) is 18.1. The predicted octanol–water partition coefficient (Wildman–Crippen LogP) is 3.45. The van der Waals surface area contributed by atoms with Crippen LogP contribution in [0, 0.1) is 0 Å². The highest BCUT2D eigenvalue weighted by Gasteiger charge is 2.19. The van der Waals surface area contributed by atoms with Crippen LogP contribution in [-0.2, 0) is 0 Å². The maximum absolute atomic E-state index is 5.84. The molecule has 0 saturated carbocycles. The largest absolute Gasteiger partial charge is 0.368 e. The quantitative estimate of drug-likeness (QED) is 0.447. The van der Waals surface area contributed by atoms with E-state index in [9.17, 15) is 0 Å². The van der Waals surface area contributed by atoms with E-state index in [4.69, 9.17) is 10.7 Å². The number of fused-ring (bicyclic) bond motifs is 2. The molecule has 4 N–H and O–H groups in total. The van der Waals surface area contributed by atoms with Crippen molar-refractivity contribution in [3.8, 4) is 5.69 Å². The van der Waals surface area contributed by atoms with Gasteiger partial charge in [-0.2, -0.15) is 9.97 Å². The number of hydrogen-bond acceptors (Lipinski definition) is 6. The second-order valence-corrected chi connectivity index (χ2v) is 6.53. The molecule has 8 heteroatoms. The Morgan fingerprint density at radius 1 is 1.00 bits per heavy atom. The highest BCUT2D eigenvalue weighted by molar-refractivity contribution is 5.84. The van der Waals surface area contributed by atoms with Gasteiger partial charge >= 0.3 is 0 Å². The van der Waals surface area contributed by atoms with Crippen LogP contribution in [0.2, 0.25) is 0 Å². The van der Waals surface area contributed by atoms with E-state index in [0.717, 1.165) is 22.5 Å². The summed E-state index contributed by atoms with van der Waals surface area (Å²) < 4.78 is 2.15. The van der Waals surface area contributed by atoms with Crippen LogP contribution in [0.5, 0.6) is 0 Å². The highest BCUT2D eigenvalue weighted by atomic mass is 15.2. The Balaban J connectivity index is 1.63. The predicted molar refractivity (Wildman–Crippen MR) is 109 cm³/mol.